The Labute approximate surface area is 332 Å². The van der Waals surface area contributed by atoms with E-state index in [1.165, 1.54) is 70.2 Å². The number of rotatable bonds is 8. The summed E-state index contributed by atoms with van der Waals surface area (Å²) in [4.78, 5) is 2.44. The van der Waals surface area contributed by atoms with Crippen LogP contribution in [0.2, 0.25) is 0 Å². The number of nitrogens with zero attached hydrogens (tertiary/aromatic N) is 1. The zero-order valence-corrected chi connectivity index (χ0v) is 31.5. The topological polar surface area (TPSA) is 3.24 Å². The fraction of sp³-hybridized carbons (Fsp3) is 0. The summed E-state index contributed by atoms with van der Waals surface area (Å²) in [5, 5.41) is 2.64. The van der Waals surface area contributed by atoms with Crippen molar-refractivity contribution in [3.8, 4) is 55.6 Å². The zero-order chi connectivity index (χ0) is 37.3. The van der Waals surface area contributed by atoms with Crippen molar-refractivity contribution in [1.29, 1.82) is 0 Å². The number of thiophene rings is 1. The van der Waals surface area contributed by atoms with Gasteiger partial charge in [-0.1, -0.05) is 188 Å². The van der Waals surface area contributed by atoms with E-state index in [4.69, 9.17) is 0 Å². The van der Waals surface area contributed by atoms with E-state index in [1.54, 1.807) is 0 Å². The second kappa shape index (κ2) is 14.7. The van der Waals surface area contributed by atoms with Crippen LogP contribution >= 0.6 is 11.3 Å². The SMILES string of the molecule is c1ccc(-c2ccccc2-c2ccccc2-c2ccccc2N(c2ccc(-c3ccc4c(c3)sc3ccccc34)cc2)c2ccccc2-c2ccccc2)cc1. The number of hydrogen-bond donors (Lipinski definition) is 0. The summed E-state index contributed by atoms with van der Waals surface area (Å²) in [7, 11) is 0. The molecule has 1 nitrogen and oxygen atoms in total. The van der Waals surface area contributed by atoms with Gasteiger partial charge in [-0.3, -0.25) is 0 Å². The van der Waals surface area contributed by atoms with Crippen molar-refractivity contribution in [2.24, 2.45) is 0 Å². The van der Waals surface area contributed by atoms with Crippen LogP contribution in [0.4, 0.5) is 17.1 Å². The normalized spacial score (nSPS) is 11.2. The second-order valence-electron chi connectivity index (χ2n) is 14.0. The number of benzene rings is 9. The van der Waals surface area contributed by atoms with Crippen molar-refractivity contribution < 1.29 is 0 Å². The van der Waals surface area contributed by atoms with E-state index in [1.807, 2.05) is 11.3 Å². The Morgan fingerprint density at radius 3 is 1.39 bits per heavy atom. The van der Waals surface area contributed by atoms with Gasteiger partial charge < -0.3 is 4.90 Å². The average Bonchev–Trinajstić information content (AvgIpc) is 3.66. The summed E-state index contributed by atoms with van der Waals surface area (Å²) in [5.41, 5.74) is 15.3. The first kappa shape index (κ1) is 33.6. The lowest BCUT2D eigenvalue weighted by Gasteiger charge is -2.30. The highest BCUT2D eigenvalue weighted by atomic mass is 32.1. The Hall–Kier alpha value is -7.00. The summed E-state index contributed by atoms with van der Waals surface area (Å²) in [5.74, 6) is 0. The van der Waals surface area contributed by atoms with Crippen LogP contribution in [0, 0.1) is 0 Å². The number of anilines is 3. The molecule has 0 saturated heterocycles. The van der Waals surface area contributed by atoms with Crippen molar-refractivity contribution in [2.45, 2.75) is 0 Å². The van der Waals surface area contributed by atoms with Gasteiger partial charge in [-0.25, -0.2) is 0 Å². The molecular formula is C54H37NS. The Morgan fingerprint density at radius 2 is 0.714 bits per heavy atom. The molecule has 0 bridgehead atoms. The fourth-order valence-electron chi connectivity index (χ4n) is 8.08. The molecule has 0 aliphatic carbocycles. The van der Waals surface area contributed by atoms with Crippen LogP contribution in [-0.4, -0.2) is 0 Å². The van der Waals surface area contributed by atoms with E-state index in [9.17, 15) is 0 Å². The predicted molar refractivity (Wildman–Crippen MR) is 241 cm³/mol. The maximum absolute atomic E-state index is 2.44. The third kappa shape index (κ3) is 6.17. The smallest absolute Gasteiger partial charge is 0.0540 e. The summed E-state index contributed by atoms with van der Waals surface area (Å²) in [6.45, 7) is 0. The first-order valence-electron chi connectivity index (χ1n) is 19.1. The van der Waals surface area contributed by atoms with Gasteiger partial charge in [0.2, 0.25) is 0 Å². The van der Waals surface area contributed by atoms with E-state index in [2.05, 4.69) is 229 Å². The van der Waals surface area contributed by atoms with Crippen molar-refractivity contribution in [3.63, 3.8) is 0 Å². The van der Waals surface area contributed by atoms with Crippen LogP contribution in [0.15, 0.2) is 224 Å². The molecule has 10 rings (SSSR count). The average molecular weight is 732 g/mol. The van der Waals surface area contributed by atoms with Gasteiger partial charge in [-0.15, -0.1) is 11.3 Å². The molecule has 2 heteroatoms. The first-order chi connectivity index (χ1) is 27.8. The standard InChI is InChI=1S/C54H37NS/c1-3-17-39(18-4-1)43-21-7-8-23-45(43)46-24-9-10-25-47(46)48-26-12-15-29-52(48)55(51-28-14-11-22-44(51)40-19-5-2-6-20-40)42-34-31-38(32-35-42)41-33-36-50-49-27-13-16-30-53(49)56-54(50)37-41/h1-37H. The fourth-order valence-corrected chi connectivity index (χ4v) is 9.23. The third-order valence-corrected chi connectivity index (χ3v) is 11.9. The molecule has 0 aliphatic heterocycles. The minimum Gasteiger partial charge on any atom is -0.309 e. The molecule has 0 N–H and O–H groups in total. The number of hydrogen-bond acceptors (Lipinski definition) is 2. The van der Waals surface area contributed by atoms with Gasteiger partial charge in [-0.05, 0) is 80.9 Å². The van der Waals surface area contributed by atoms with Gasteiger partial charge in [0, 0.05) is 37.0 Å². The van der Waals surface area contributed by atoms with Gasteiger partial charge in [0.05, 0.1) is 11.4 Å². The second-order valence-corrected chi connectivity index (χ2v) is 15.1. The van der Waals surface area contributed by atoms with Crippen LogP contribution < -0.4 is 4.90 Å². The molecule has 0 atom stereocenters. The quantitative estimate of drug-likeness (QED) is 0.150. The van der Waals surface area contributed by atoms with E-state index >= 15 is 0 Å². The summed E-state index contributed by atoms with van der Waals surface area (Å²) >= 11 is 1.86. The van der Waals surface area contributed by atoms with E-state index in [-0.39, 0.29) is 0 Å². The van der Waals surface area contributed by atoms with Crippen LogP contribution in [-0.2, 0) is 0 Å². The number of para-hydroxylation sites is 2. The maximum Gasteiger partial charge on any atom is 0.0540 e. The summed E-state index contributed by atoms with van der Waals surface area (Å²) in [6, 6.07) is 81.3. The molecule has 0 unspecified atom stereocenters. The lowest BCUT2D eigenvalue weighted by Crippen LogP contribution is -2.12. The van der Waals surface area contributed by atoms with Crippen LogP contribution in [0.3, 0.4) is 0 Å². The minimum atomic E-state index is 1.09. The van der Waals surface area contributed by atoms with Gasteiger partial charge in [-0.2, -0.15) is 0 Å². The van der Waals surface area contributed by atoms with Gasteiger partial charge >= 0.3 is 0 Å². The Balaban J connectivity index is 1.14. The van der Waals surface area contributed by atoms with Crippen LogP contribution in [0.25, 0.3) is 75.8 Å². The van der Waals surface area contributed by atoms with Gasteiger partial charge in [0.15, 0.2) is 0 Å². The predicted octanol–water partition coefficient (Wildman–Crippen LogP) is 15.9. The van der Waals surface area contributed by atoms with Crippen molar-refractivity contribution >= 4 is 48.6 Å². The molecule has 0 radical (unpaired) electrons. The van der Waals surface area contributed by atoms with Crippen molar-refractivity contribution in [2.75, 3.05) is 4.90 Å². The third-order valence-electron chi connectivity index (χ3n) is 10.7. The summed E-state index contributed by atoms with van der Waals surface area (Å²) < 4.78 is 2.64. The molecule has 9 aromatic carbocycles. The maximum atomic E-state index is 2.44. The Bertz CT molecular complexity index is 2960. The molecular weight excluding hydrogens is 695 g/mol. The van der Waals surface area contributed by atoms with Crippen LogP contribution in [0.5, 0.6) is 0 Å². The molecule has 0 amide bonds. The number of fused-ring (bicyclic) bond motifs is 3. The first-order valence-corrected chi connectivity index (χ1v) is 19.9. The molecule has 0 aliphatic rings. The lowest BCUT2D eigenvalue weighted by molar-refractivity contribution is 1.28. The Kier molecular flexibility index (Phi) is 8.79. The molecule has 1 heterocycles. The monoisotopic (exact) mass is 731 g/mol. The minimum absolute atomic E-state index is 1.09. The molecule has 1 aromatic heterocycles. The lowest BCUT2D eigenvalue weighted by atomic mass is 9.88. The molecule has 10 aromatic rings. The molecule has 56 heavy (non-hydrogen) atoms. The van der Waals surface area contributed by atoms with E-state index < -0.39 is 0 Å². The molecule has 0 fully saturated rings. The van der Waals surface area contributed by atoms with Crippen molar-refractivity contribution in [1.82, 2.24) is 0 Å². The van der Waals surface area contributed by atoms with E-state index in [0.29, 0.717) is 0 Å². The molecule has 264 valence electrons. The van der Waals surface area contributed by atoms with Crippen LogP contribution in [0.1, 0.15) is 0 Å². The molecule has 0 saturated carbocycles. The largest absolute Gasteiger partial charge is 0.309 e. The van der Waals surface area contributed by atoms with Gasteiger partial charge in [0.25, 0.3) is 0 Å². The highest BCUT2D eigenvalue weighted by Gasteiger charge is 2.22. The highest BCUT2D eigenvalue weighted by Crippen LogP contribution is 2.47. The van der Waals surface area contributed by atoms with Gasteiger partial charge in [0.1, 0.15) is 0 Å². The summed E-state index contributed by atoms with van der Waals surface area (Å²) in [6.07, 6.45) is 0. The molecule has 0 spiro atoms. The Morgan fingerprint density at radius 1 is 0.268 bits per heavy atom. The zero-order valence-electron chi connectivity index (χ0n) is 30.7. The van der Waals surface area contributed by atoms with Crippen molar-refractivity contribution in [3.05, 3.63) is 224 Å². The highest BCUT2D eigenvalue weighted by molar-refractivity contribution is 7.25. The van der Waals surface area contributed by atoms with E-state index in [0.717, 1.165) is 22.6 Å².